The van der Waals surface area contributed by atoms with Gasteiger partial charge in [-0.25, -0.2) is 0 Å². The number of carbonyl (C=O) groups is 1. The van der Waals surface area contributed by atoms with E-state index in [4.69, 9.17) is 12.2 Å². The number of halogens is 6. The van der Waals surface area contributed by atoms with Gasteiger partial charge in [0.2, 0.25) is 5.91 Å². The number of nitrogens with one attached hydrogen (secondary N) is 2. The number of benzene rings is 2. The maximum atomic E-state index is 13.3. The number of rotatable bonds is 7. The minimum atomic E-state index is -4.99. The molecule has 2 atom stereocenters. The van der Waals surface area contributed by atoms with Gasteiger partial charge < -0.3 is 15.5 Å². The van der Waals surface area contributed by atoms with Gasteiger partial charge in [-0.1, -0.05) is 51.1 Å². The van der Waals surface area contributed by atoms with Crippen LogP contribution in [-0.4, -0.2) is 29.0 Å². The third-order valence-corrected chi connectivity index (χ3v) is 5.67. The molecule has 1 amide bonds. The first-order valence-electron chi connectivity index (χ1n) is 10.8. The standard InChI is InChI=1S/C24H27F6N3OS/c1-5-19(15-9-7-6-8-10-15)33(4)21(34)20(14(2)3)32-22(35)31-18-12-16(23(25,26)27)11-17(13-18)24(28,29)30/h6-14,19-20H,5H2,1-4H3,(H2,31,32,35)/t19-,20-/m0/s1. The summed E-state index contributed by atoms with van der Waals surface area (Å²) in [6.45, 7) is 5.43. The number of amides is 1. The maximum absolute atomic E-state index is 13.3. The highest BCUT2D eigenvalue weighted by Gasteiger charge is 2.37. The average molecular weight is 520 g/mol. The van der Waals surface area contributed by atoms with Gasteiger partial charge in [0, 0.05) is 12.7 Å². The van der Waals surface area contributed by atoms with E-state index in [1.165, 1.54) is 0 Å². The normalized spacial score (nSPS) is 13.8. The van der Waals surface area contributed by atoms with Crippen LogP contribution in [0.4, 0.5) is 32.0 Å². The molecule has 0 radical (unpaired) electrons. The van der Waals surface area contributed by atoms with E-state index in [-0.39, 0.29) is 29.0 Å². The van der Waals surface area contributed by atoms with Crippen LogP contribution in [0.1, 0.15) is 49.9 Å². The van der Waals surface area contributed by atoms with Gasteiger partial charge in [-0.05, 0) is 48.3 Å². The summed E-state index contributed by atoms with van der Waals surface area (Å²) >= 11 is 5.14. The Bertz CT molecular complexity index is 992. The van der Waals surface area contributed by atoms with Crippen molar-refractivity contribution in [3.8, 4) is 0 Å². The van der Waals surface area contributed by atoms with Crippen LogP contribution in [0.5, 0.6) is 0 Å². The Morgan fingerprint density at radius 3 is 1.91 bits per heavy atom. The Kier molecular flexibility index (Phi) is 9.16. The van der Waals surface area contributed by atoms with Crippen molar-refractivity contribution >= 4 is 28.9 Å². The predicted molar refractivity (Wildman–Crippen MR) is 127 cm³/mol. The van der Waals surface area contributed by atoms with E-state index < -0.39 is 35.2 Å². The average Bonchev–Trinajstić information content (AvgIpc) is 2.76. The van der Waals surface area contributed by atoms with Crippen molar-refractivity contribution in [3.05, 3.63) is 65.2 Å². The zero-order chi connectivity index (χ0) is 26.6. The molecule has 0 aromatic heterocycles. The first-order valence-corrected chi connectivity index (χ1v) is 11.2. The molecule has 0 heterocycles. The topological polar surface area (TPSA) is 44.4 Å². The van der Waals surface area contributed by atoms with Crippen LogP contribution in [0, 0.1) is 5.92 Å². The second kappa shape index (κ2) is 11.3. The molecule has 0 saturated heterocycles. The highest BCUT2D eigenvalue weighted by Crippen LogP contribution is 2.37. The lowest BCUT2D eigenvalue weighted by Gasteiger charge is -2.33. The molecule has 2 aromatic carbocycles. The smallest absolute Gasteiger partial charge is 0.350 e. The fourth-order valence-electron chi connectivity index (χ4n) is 3.63. The van der Waals surface area contributed by atoms with Crippen molar-refractivity contribution < 1.29 is 31.1 Å². The number of thiocarbonyl (C=S) groups is 1. The van der Waals surface area contributed by atoms with Crippen molar-refractivity contribution in [2.75, 3.05) is 12.4 Å². The molecule has 4 nitrogen and oxygen atoms in total. The van der Waals surface area contributed by atoms with Gasteiger partial charge in [0.25, 0.3) is 0 Å². The summed E-state index contributed by atoms with van der Waals surface area (Å²) in [7, 11) is 1.64. The molecular formula is C24H27F6N3OS. The van der Waals surface area contributed by atoms with Crippen LogP contribution in [-0.2, 0) is 17.1 Å². The summed E-state index contributed by atoms with van der Waals surface area (Å²) < 4.78 is 78.8. The van der Waals surface area contributed by atoms with E-state index in [1.807, 2.05) is 37.3 Å². The molecule has 2 N–H and O–H groups in total. The lowest BCUT2D eigenvalue weighted by molar-refractivity contribution is -0.143. The van der Waals surface area contributed by atoms with Crippen molar-refractivity contribution in [1.82, 2.24) is 10.2 Å². The molecule has 2 rings (SSSR count). The number of hydrogen-bond donors (Lipinski definition) is 2. The summed E-state index contributed by atoms with van der Waals surface area (Å²) in [5.74, 6) is -0.606. The fourth-order valence-corrected chi connectivity index (χ4v) is 3.88. The molecule has 0 unspecified atom stereocenters. The van der Waals surface area contributed by atoms with Gasteiger partial charge in [0.1, 0.15) is 6.04 Å². The Labute approximate surface area is 205 Å². The van der Waals surface area contributed by atoms with E-state index in [9.17, 15) is 31.1 Å². The zero-order valence-corrected chi connectivity index (χ0v) is 20.4. The third-order valence-electron chi connectivity index (χ3n) is 5.45. The highest BCUT2D eigenvalue weighted by atomic mass is 32.1. The molecule has 0 spiro atoms. The number of alkyl halides is 6. The number of nitrogens with zero attached hydrogens (tertiary/aromatic N) is 1. The Balaban J connectivity index is 2.25. The second-order valence-electron chi connectivity index (χ2n) is 8.40. The van der Waals surface area contributed by atoms with Crippen molar-refractivity contribution in [1.29, 1.82) is 0 Å². The van der Waals surface area contributed by atoms with E-state index in [0.29, 0.717) is 18.6 Å². The van der Waals surface area contributed by atoms with Crippen molar-refractivity contribution in [2.24, 2.45) is 5.92 Å². The van der Waals surface area contributed by atoms with Gasteiger partial charge in [-0.2, -0.15) is 26.3 Å². The largest absolute Gasteiger partial charge is 0.416 e. The van der Waals surface area contributed by atoms with Crippen LogP contribution in [0.2, 0.25) is 0 Å². The van der Waals surface area contributed by atoms with E-state index in [0.717, 1.165) is 5.56 Å². The number of anilines is 1. The van der Waals surface area contributed by atoms with Gasteiger partial charge in [0.15, 0.2) is 5.11 Å². The van der Waals surface area contributed by atoms with Crippen LogP contribution in [0.3, 0.4) is 0 Å². The molecule has 0 bridgehead atoms. The molecule has 0 saturated carbocycles. The quantitative estimate of drug-likeness (QED) is 0.318. The monoisotopic (exact) mass is 519 g/mol. The molecule has 35 heavy (non-hydrogen) atoms. The number of carbonyl (C=O) groups excluding carboxylic acids is 1. The Morgan fingerprint density at radius 2 is 1.49 bits per heavy atom. The van der Waals surface area contributed by atoms with Gasteiger partial charge in [-0.15, -0.1) is 0 Å². The minimum Gasteiger partial charge on any atom is -0.350 e. The van der Waals surface area contributed by atoms with Crippen LogP contribution in [0.25, 0.3) is 0 Å². The van der Waals surface area contributed by atoms with Crippen LogP contribution in [0.15, 0.2) is 48.5 Å². The fraction of sp³-hybridized carbons (Fsp3) is 0.417. The van der Waals surface area contributed by atoms with E-state index in [1.54, 1.807) is 25.8 Å². The Hall–Kier alpha value is -2.82. The van der Waals surface area contributed by atoms with Gasteiger partial charge >= 0.3 is 12.4 Å². The summed E-state index contributed by atoms with van der Waals surface area (Å²) in [5.41, 5.74) is -2.51. The van der Waals surface area contributed by atoms with Crippen LogP contribution >= 0.6 is 12.2 Å². The van der Waals surface area contributed by atoms with Crippen molar-refractivity contribution in [2.45, 2.75) is 51.6 Å². The third kappa shape index (κ3) is 7.58. The molecule has 0 aliphatic carbocycles. The summed E-state index contributed by atoms with van der Waals surface area (Å²) in [4.78, 5) is 14.9. The first-order chi connectivity index (χ1) is 16.1. The minimum absolute atomic E-state index is 0.0333. The van der Waals surface area contributed by atoms with Gasteiger partial charge in [0.05, 0.1) is 17.2 Å². The summed E-state index contributed by atoms with van der Waals surface area (Å²) in [6, 6.07) is 9.37. The number of hydrogen-bond acceptors (Lipinski definition) is 2. The van der Waals surface area contributed by atoms with Gasteiger partial charge in [-0.3, -0.25) is 4.79 Å². The maximum Gasteiger partial charge on any atom is 0.416 e. The molecule has 192 valence electrons. The highest BCUT2D eigenvalue weighted by molar-refractivity contribution is 7.80. The molecule has 0 fully saturated rings. The van der Waals surface area contributed by atoms with Crippen LogP contribution < -0.4 is 10.6 Å². The predicted octanol–water partition coefficient (Wildman–Crippen LogP) is 6.64. The molecule has 11 heteroatoms. The van der Waals surface area contributed by atoms with E-state index >= 15 is 0 Å². The summed E-state index contributed by atoms with van der Waals surface area (Å²) in [6.07, 6.45) is -9.35. The molecular weight excluding hydrogens is 492 g/mol. The summed E-state index contributed by atoms with van der Waals surface area (Å²) in [5, 5.41) is 4.86. The second-order valence-corrected chi connectivity index (χ2v) is 8.81. The zero-order valence-electron chi connectivity index (χ0n) is 19.6. The molecule has 0 aliphatic heterocycles. The van der Waals surface area contributed by atoms with Crippen molar-refractivity contribution in [3.63, 3.8) is 0 Å². The van der Waals surface area contributed by atoms with E-state index in [2.05, 4.69) is 10.6 Å². The lowest BCUT2D eigenvalue weighted by Crippen LogP contribution is -2.51. The first kappa shape index (κ1) is 28.4. The number of likely N-dealkylation sites (N-methyl/N-ethyl adjacent to an activating group) is 1. The SMILES string of the molecule is CC[C@@H](c1ccccc1)N(C)C(=O)[C@@H](NC(=S)Nc1cc(C(F)(F)F)cc(C(F)(F)F)c1)C(C)C. The Morgan fingerprint density at radius 1 is 0.971 bits per heavy atom. The molecule has 0 aliphatic rings. The lowest BCUT2D eigenvalue weighted by atomic mass is 9.99. The molecule has 2 aromatic rings.